The van der Waals surface area contributed by atoms with Gasteiger partial charge in [-0.1, -0.05) is 0 Å². The summed E-state index contributed by atoms with van der Waals surface area (Å²) >= 11 is 0. The Morgan fingerprint density at radius 2 is 1.88 bits per heavy atom. The van der Waals surface area contributed by atoms with E-state index in [1.54, 1.807) is 0 Å². The SMILES string of the molecule is [CH2-]CNC(=O)[C-]1CCN(C(C)(C)C)CC1.[V+2]. The number of hydrogen-bond donors (Lipinski definition) is 1. The van der Waals surface area contributed by atoms with Crippen molar-refractivity contribution >= 4 is 5.91 Å². The van der Waals surface area contributed by atoms with E-state index in [-0.39, 0.29) is 30.0 Å². The van der Waals surface area contributed by atoms with E-state index in [0.29, 0.717) is 6.54 Å². The zero-order valence-electron chi connectivity index (χ0n) is 10.5. The molecule has 0 aromatic heterocycles. The van der Waals surface area contributed by atoms with Gasteiger partial charge < -0.3 is 21.9 Å². The number of carbonyl (C=O) groups is 1. The summed E-state index contributed by atoms with van der Waals surface area (Å²) in [4.78, 5) is 14.0. The average Bonchev–Trinajstić information content (AvgIpc) is 2.17. The summed E-state index contributed by atoms with van der Waals surface area (Å²) in [6.45, 7) is 12.7. The first-order valence-corrected chi connectivity index (χ1v) is 5.62. The first-order chi connectivity index (χ1) is 6.95. The van der Waals surface area contributed by atoms with Gasteiger partial charge in [-0.3, -0.25) is 5.92 Å². The third-order valence-corrected chi connectivity index (χ3v) is 2.92. The zero-order chi connectivity index (χ0) is 11.5. The van der Waals surface area contributed by atoms with E-state index in [9.17, 15) is 4.79 Å². The molecule has 1 N–H and O–H groups in total. The molecule has 1 aliphatic rings. The fourth-order valence-electron chi connectivity index (χ4n) is 1.91. The standard InChI is InChI=1S/C12H22N2O.V/c1-5-13-11(15)10-6-8-14(9-7-10)12(2,3)4;/h1,5-9H2,2-4H3,(H,13,15);/q-2;+2. The van der Waals surface area contributed by atoms with Crippen molar-refractivity contribution in [3.63, 3.8) is 0 Å². The summed E-state index contributed by atoms with van der Waals surface area (Å²) in [5.74, 6) is 1.12. The molecule has 0 atom stereocenters. The fraction of sp³-hybridized carbons (Fsp3) is 0.750. The predicted molar refractivity (Wildman–Crippen MR) is 62.2 cm³/mol. The number of hydrogen-bond acceptors (Lipinski definition) is 2. The molecule has 0 saturated carbocycles. The van der Waals surface area contributed by atoms with Crippen LogP contribution < -0.4 is 5.32 Å². The second-order valence-corrected chi connectivity index (χ2v) is 5.02. The molecule has 0 bridgehead atoms. The molecule has 16 heavy (non-hydrogen) atoms. The maximum atomic E-state index is 11.5. The van der Waals surface area contributed by atoms with Crippen molar-refractivity contribution in [2.24, 2.45) is 0 Å². The van der Waals surface area contributed by atoms with E-state index in [4.69, 9.17) is 0 Å². The van der Waals surface area contributed by atoms with Gasteiger partial charge in [-0.05, 0) is 33.9 Å². The summed E-state index contributed by atoms with van der Waals surface area (Å²) in [5, 5.41) is 2.76. The molecule has 3 nitrogen and oxygen atoms in total. The molecule has 0 unspecified atom stereocenters. The first kappa shape index (κ1) is 15.9. The molecule has 0 aromatic carbocycles. The number of carbonyl (C=O) groups excluding carboxylic acids is 1. The van der Waals surface area contributed by atoms with Crippen LogP contribution >= 0.6 is 0 Å². The van der Waals surface area contributed by atoms with Crippen molar-refractivity contribution in [2.75, 3.05) is 19.6 Å². The topological polar surface area (TPSA) is 32.3 Å². The van der Waals surface area contributed by atoms with E-state index < -0.39 is 0 Å². The number of likely N-dealkylation sites (tertiary alicyclic amines) is 1. The Morgan fingerprint density at radius 3 is 2.25 bits per heavy atom. The van der Waals surface area contributed by atoms with Crippen molar-refractivity contribution in [1.82, 2.24) is 10.2 Å². The minimum absolute atomic E-state index is 0. The van der Waals surface area contributed by atoms with Crippen LogP contribution in [-0.2, 0) is 23.4 Å². The molecule has 0 spiro atoms. The fourth-order valence-corrected chi connectivity index (χ4v) is 1.91. The minimum atomic E-state index is 0. The van der Waals surface area contributed by atoms with Gasteiger partial charge in [0.2, 0.25) is 0 Å². The Bertz CT molecular complexity index is 218. The van der Waals surface area contributed by atoms with Crippen LogP contribution in [0.2, 0.25) is 0 Å². The Labute approximate surface area is 111 Å². The molecule has 1 heterocycles. The van der Waals surface area contributed by atoms with Crippen LogP contribution in [0.5, 0.6) is 0 Å². The Kier molecular flexibility index (Phi) is 6.53. The van der Waals surface area contributed by atoms with Gasteiger partial charge in [-0.15, -0.1) is 19.4 Å². The van der Waals surface area contributed by atoms with Gasteiger partial charge in [0.05, 0.1) is 5.91 Å². The van der Waals surface area contributed by atoms with Gasteiger partial charge in [0, 0.05) is 5.54 Å². The maximum absolute atomic E-state index is 11.5. The normalized spacial score (nSPS) is 17.9. The van der Waals surface area contributed by atoms with Crippen LogP contribution in [0.25, 0.3) is 0 Å². The second kappa shape index (κ2) is 6.58. The number of piperidine rings is 1. The Balaban J connectivity index is 0.00000225. The van der Waals surface area contributed by atoms with Gasteiger partial charge in [0.1, 0.15) is 0 Å². The van der Waals surface area contributed by atoms with Crippen LogP contribution in [0.3, 0.4) is 0 Å². The van der Waals surface area contributed by atoms with Crippen LogP contribution in [0.1, 0.15) is 33.6 Å². The average molecular weight is 261 g/mol. The van der Waals surface area contributed by atoms with E-state index in [2.05, 4.69) is 37.9 Å². The predicted octanol–water partition coefficient (Wildman–Crippen LogP) is 1.40. The smallest absolute Gasteiger partial charge is 0.411 e. The summed E-state index contributed by atoms with van der Waals surface area (Å²) in [6, 6.07) is 0. The summed E-state index contributed by atoms with van der Waals surface area (Å²) in [5.41, 5.74) is 0.217. The van der Waals surface area contributed by atoms with Crippen LogP contribution in [0, 0.1) is 12.8 Å². The van der Waals surface area contributed by atoms with Crippen LogP contribution in [-0.4, -0.2) is 36.0 Å². The molecule has 1 rings (SSSR count). The summed E-state index contributed by atoms with van der Waals surface area (Å²) in [6.07, 6.45) is 1.78. The van der Waals surface area contributed by atoms with Gasteiger partial charge in [0.15, 0.2) is 0 Å². The first-order valence-electron chi connectivity index (χ1n) is 5.62. The molecule has 0 aliphatic carbocycles. The van der Waals surface area contributed by atoms with Gasteiger partial charge in [-0.2, -0.15) is 0 Å². The van der Waals surface area contributed by atoms with E-state index >= 15 is 0 Å². The molecule has 1 amide bonds. The van der Waals surface area contributed by atoms with Crippen molar-refractivity contribution in [2.45, 2.75) is 39.2 Å². The molecular weight excluding hydrogens is 239 g/mol. The second-order valence-electron chi connectivity index (χ2n) is 5.02. The van der Waals surface area contributed by atoms with Gasteiger partial charge in [-0.25, -0.2) is 0 Å². The van der Waals surface area contributed by atoms with E-state index in [1.165, 1.54) is 0 Å². The molecule has 1 radical (unpaired) electrons. The van der Waals surface area contributed by atoms with Crippen LogP contribution in [0.15, 0.2) is 0 Å². The van der Waals surface area contributed by atoms with Crippen molar-refractivity contribution in [3.05, 3.63) is 12.8 Å². The number of nitrogens with one attached hydrogen (secondary N) is 1. The molecule has 1 aliphatic heterocycles. The number of rotatable bonds is 2. The van der Waals surface area contributed by atoms with Crippen molar-refractivity contribution < 1.29 is 23.4 Å². The zero-order valence-corrected chi connectivity index (χ0v) is 11.9. The molecule has 1 saturated heterocycles. The molecule has 1 fully saturated rings. The third-order valence-electron chi connectivity index (χ3n) is 2.92. The Morgan fingerprint density at radius 1 is 1.38 bits per heavy atom. The largest absolute Gasteiger partial charge is 2.00 e. The van der Waals surface area contributed by atoms with Gasteiger partial charge >= 0.3 is 18.6 Å². The van der Waals surface area contributed by atoms with Crippen molar-refractivity contribution in [3.8, 4) is 0 Å². The van der Waals surface area contributed by atoms with E-state index in [1.807, 2.05) is 0 Å². The minimum Gasteiger partial charge on any atom is -0.411 e. The molecular formula is C12H22N2OV. The number of amides is 1. The number of nitrogens with zero attached hydrogens (tertiary/aromatic N) is 1. The molecule has 4 heteroatoms. The molecule has 91 valence electrons. The monoisotopic (exact) mass is 261 g/mol. The Hall–Kier alpha value is -0.116. The van der Waals surface area contributed by atoms with E-state index in [0.717, 1.165) is 31.8 Å². The van der Waals surface area contributed by atoms with Crippen molar-refractivity contribution in [1.29, 1.82) is 0 Å². The molecule has 0 aromatic rings. The van der Waals surface area contributed by atoms with Crippen LogP contribution in [0.4, 0.5) is 0 Å². The summed E-state index contributed by atoms with van der Waals surface area (Å²) in [7, 11) is 0. The van der Waals surface area contributed by atoms with Gasteiger partial charge in [0.25, 0.3) is 0 Å². The third kappa shape index (κ3) is 4.40. The summed E-state index contributed by atoms with van der Waals surface area (Å²) < 4.78 is 0. The quantitative estimate of drug-likeness (QED) is 0.762. The maximum Gasteiger partial charge on any atom is 2.00 e.